The van der Waals surface area contributed by atoms with Crippen LogP contribution in [0, 0.1) is 17.0 Å². The predicted octanol–water partition coefficient (Wildman–Crippen LogP) is 3.60. The van der Waals surface area contributed by atoms with Gasteiger partial charge in [0.1, 0.15) is 6.61 Å². The van der Waals surface area contributed by atoms with Crippen LogP contribution in [0.25, 0.3) is 0 Å². The first kappa shape index (κ1) is 16.7. The van der Waals surface area contributed by atoms with Crippen LogP contribution in [0.1, 0.15) is 18.9 Å². The van der Waals surface area contributed by atoms with E-state index in [9.17, 15) is 10.1 Å². The molecule has 0 aliphatic carbocycles. The molecule has 0 saturated carbocycles. The normalized spacial score (nSPS) is 10.3. The number of hydrogen-bond donors (Lipinski definition) is 1. The molecule has 1 aromatic rings. The number of benzene rings is 1. The minimum atomic E-state index is -0.439. The number of nitro groups is 1. The van der Waals surface area contributed by atoms with Gasteiger partial charge in [-0.15, -0.1) is 0 Å². The zero-order valence-corrected chi connectivity index (χ0v) is 13.3. The van der Waals surface area contributed by atoms with Crippen molar-refractivity contribution < 1.29 is 9.66 Å². The van der Waals surface area contributed by atoms with Crippen molar-refractivity contribution >= 4 is 21.6 Å². The van der Waals surface area contributed by atoms with Crippen molar-refractivity contribution in [1.29, 1.82) is 0 Å². The van der Waals surface area contributed by atoms with Crippen molar-refractivity contribution in [3.63, 3.8) is 0 Å². The van der Waals surface area contributed by atoms with Crippen molar-refractivity contribution in [3.8, 4) is 5.75 Å². The fourth-order valence-corrected chi connectivity index (χ4v) is 2.26. The molecule has 1 aromatic carbocycles. The summed E-state index contributed by atoms with van der Waals surface area (Å²) in [7, 11) is 0. The van der Waals surface area contributed by atoms with Gasteiger partial charge in [0.25, 0.3) is 0 Å². The Morgan fingerprint density at radius 3 is 2.85 bits per heavy atom. The number of hydrogen-bond acceptors (Lipinski definition) is 4. The Morgan fingerprint density at radius 1 is 1.55 bits per heavy atom. The van der Waals surface area contributed by atoms with Gasteiger partial charge in [0, 0.05) is 17.1 Å². The summed E-state index contributed by atoms with van der Waals surface area (Å²) in [6, 6.07) is 3.24. The van der Waals surface area contributed by atoms with Gasteiger partial charge in [0.15, 0.2) is 5.75 Å². The molecular weight excluding hydrogens is 324 g/mol. The molecule has 1 N–H and O–H groups in total. The van der Waals surface area contributed by atoms with Gasteiger partial charge in [0.2, 0.25) is 0 Å². The van der Waals surface area contributed by atoms with Crippen molar-refractivity contribution in [2.24, 2.45) is 0 Å². The zero-order chi connectivity index (χ0) is 15.1. The number of aryl methyl sites for hydroxylation is 1. The van der Waals surface area contributed by atoms with Gasteiger partial charge in [-0.2, -0.15) is 0 Å². The van der Waals surface area contributed by atoms with E-state index < -0.39 is 4.92 Å². The lowest BCUT2D eigenvalue weighted by Crippen LogP contribution is -2.20. The fourth-order valence-electron chi connectivity index (χ4n) is 1.70. The number of nitrogens with zero attached hydrogens (tertiary/aromatic N) is 1. The molecule has 0 heterocycles. The SMILES string of the molecule is C=C(CNCCC)COc1c(C)cc(Br)cc1[N+](=O)[O-]. The molecule has 0 saturated heterocycles. The third-order valence-electron chi connectivity index (χ3n) is 2.64. The number of ether oxygens (including phenoxy) is 1. The average Bonchev–Trinajstić information content (AvgIpc) is 2.37. The monoisotopic (exact) mass is 342 g/mol. The molecule has 0 amide bonds. The number of rotatable bonds is 8. The lowest BCUT2D eigenvalue weighted by Gasteiger charge is -2.12. The Morgan fingerprint density at radius 2 is 2.25 bits per heavy atom. The molecule has 0 aliphatic heterocycles. The second-order valence-corrected chi connectivity index (χ2v) is 5.46. The summed E-state index contributed by atoms with van der Waals surface area (Å²) in [4.78, 5) is 10.6. The summed E-state index contributed by atoms with van der Waals surface area (Å²) >= 11 is 3.25. The summed E-state index contributed by atoms with van der Waals surface area (Å²) in [6.45, 7) is 9.59. The summed E-state index contributed by atoms with van der Waals surface area (Å²) in [6.07, 6.45) is 1.05. The number of nitrogens with one attached hydrogen (secondary N) is 1. The summed E-state index contributed by atoms with van der Waals surface area (Å²) in [5, 5.41) is 14.3. The standard InChI is InChI=1S/C14H19BrN2O3/c1-4-5-16-8-10(2)9-20-14-11(3)6-12(15)7-13(14)17(18)19/h6-7,16H,2,4-5,8-9H2,1,3H3. The van der Waals surface area contributed by atoms with E-state index in [2.05, 4.69) is 34.7 Å². The highest BCUT2D eigenvalue weighted by Crippen LogP contribution is 2.34. The molecule has 0 atom stereocenters. The third kappa shape index (κ3) is 4.94. The molecule has 0 spiro atoms. The Bertz CT molecular complexity index is 503. The molecule has 0 radical (unpaired) electrons. The molecule has 0 aromatic heterocycles. The highest BCUT2D eigenvalue weighted by molar-refractivity contribution is 9.10. The molecule has 0 bridgehead atoms. The number of halogens is 1. The van der Waals surface area contributed by atoms with Crippen LogP contribution in [0.5, 0.6) is 5.75 Å². The van der Waals surface area contributed by atoms with Crippen LogP contribution < -0.4 is 10.1 Å². The molecule has 20 heavy (non-hydrogen) atoms. The van der Waals surface area contributed by atoms with Gasteiger partial charge >= 0.3 is 5.69 Å². The highest BCUT2D eigenvalue weighted by Gasteiger charge is 2.19. The van der Waals surface area contributed by atoms with E-state index >= 15 is 0 Å². The van der Waals surface area contributed by atoms with Crippen molar-refractivity contribution in [1.82, 2.24) is 5.32 Å². The Labute approximate surface area is 127 Å². The van der Waals surface area contributed by atoms with Crippen LogP contribution in [0.3, 0.4) is 0 Å². The quantitative estimate of drug-likeness (QED) is 0.339. The minimum absolute atomic E-state index is 0.0359. The highest BCUT2D eigenvalue weighted by atomic mass is 79.9. The smallest absolute Gasteiger partial charge is 0.312 e. The van der Waals surface area contributed by atoms with Gasteiger partial charge in [0.05, 0.1) is 4.92 Å². The minimum Gasteiger partial charge on any atom is -0.482 e. The van der Waals surface area contributed by atoms with E-state index in [-0.39, 0.29) is 12.3 Å². The van der Waals surface area contributed by atoms with Gasteiger partial charge < -0.3 is 10.1 Å². The first-order chi connectivity index (χ1) is 9.45. The average molecular weight is 343 g/mol. The first-order valence-electron chi connectivity index (χ1n) is 6.40. The molecule has 0 aliphatic rings. The van der Waals surface area contributed by atoms with E-state index in [1.165, 1.54) is 6.07 Å². The van der Waals surface area contributed by atoms with Crippen molar-refractivity contribution in [3.05, 3.63) is 44.4 Å². The second-order valence-electron chi connectivity index (χ2n) is 4.54. The largest absolute Gasteiger partial charge is 0.482 e. The maximum atomic E-state index is 11.1. The molecular formula is C14H19BrN2O3. The molecule has 6 heteroatoms. The van der Waals surface area contributed by atoms with Crippen molar-refractivity contribution in [2.75, 3.05) is 19.7 Å². The lowest BCUT2D eigenvalue weighted by molar-refractivity contribution is -0.385. The van der Waals surface area contributed by atoms with E-state index in [0.29, 0.717) is 16.8 Å². The summed E-state index contributed by atoms with van der Waals surface area (Å²) < 4.78 is 6.24. The van der Waals surface area contributed by atoms with E-state index in [1.54, 1.807) is 13.0 Å². The summed E-state index contributed by atoms with van der Waals surface area (Å²) in [5.74, 6) is 0.301. The second kappa shape index (κ2) is 8.01. The van der Waals surface area contributed by atoms with Crippen LogP contribution in [-0.2, 0) is 0 Å². The Hall–Kier alpha value is -1.40. The van der Waals surface area contributed by atoms with Crippen molar-refractivity contribution in [2.45, 2.75) is 20.3 Å². The van der Waals surface area contributed by atoms with Crippen LogP contribution in [0.4, 0.5) is 5.69 Å². The molecule has 1 rings (SSSR count). The van der Waals surface area contributed by atoms with Gasteiger partial charge in [-0.1, -0.05) is 29.4 Å². The third-order valence-corrected chi connectivity index (χ3v) is 3.10. The predicted molar refractivity (Wildman–Crippen MR) is 83.3 cm³/mol. The Kier molecular flexibility index (Phi) is 6.67. The lowest BCUT2D eigenvalue weighted by atomic mass is 10.2. The van der Waals surface area contributed by atoms with Crippen LogP contribution in [-0.4, -0.2) is 24.6 Å². The van der Waals surface area contributed by atoms with E-state index in [0.717, 1.165) is 24.1 Å². The van der Waals surface area contributed by atoms with Crippen LogP contribution in [0.15, 0.2) is 28.8 Å². The number of nitro benzene ring substituents is 1. The molecule has 0 unspecified atom stereocenters. The van der Waals surface area contributed by atoms with E-state index in [4.69, 9.17) is 4.74 Å². The molecule has 0 fully saturated rings. The van der Waals surface area contributed by atoms with E-state index in [1.807, 2.05) is 0 Å². The zero-order valence-electron chi connectivity index (χ0n) is 11.7. The molecule has 110 valence electrons. The molecule has 5 nitrogen and oxygen atoms in total. The maximum Gasteiger partial charge on any atom is 0.312 e. The van der Waals surface area contributed by atoms with Gasteiger partial charge in [-0.25, -0.2) is 0 Å². The van der Waals surface area contributed by atoms with Crippen LogP contribution in [0.2, 0.25) is 0 Å². The topological polar surface area (TPSA) is 64.4 Å². The van der Waals surface area contributed by atoms with Gasteiger partial charge in [-0.05, 0) is 37.1 Å². The summed E-state index contributed by atoms with van der Waals surface area (Å²) in [5.41, 5.74) is 1.54. The Balaban J connectivity index is 2.72. The maximum absolute atomic E-state index is 11.1. The fraction of sp³-hybridized carbons (Fsp3) is 0.429. The first-order valence-corrected chi connectivity index (χ1v) is 7.19. The van der Waals surface area contributed by atoms with Gasteiger partial charge in [-0.3, -0.25) is 10.1 Å². The van der Waals surface area contributed by atoms with Crippen LogP contribution >= 0.6 is 15.9 Å².